The molecule has 0 unspecified atom stereocenters. The largest absolute Gasteiger partial charge is 0.493 e. The molecule has 2 N–H and O–H groups in total. The Morgan fingerprint density at radius 3 is 2.68 bits per heavy atom. The highest BCUT2D eigenvalue weighted by atomic mass is 16.5. The van der Waals surface area contributed by atoms with E-state index in [0.717, 1.165) is 23.9 Å². The van der Waals surface area contributed by atoms with E-state index in [4.69, 9.17) is 10.5 Å². The molecule has 0 radical (unpaired) electrons. The smallest absolute Gasteiger partial charge is 0.226 e. The predicted molar refractivity (Wildman–Crippen MR) is 86.0 cm³/mol. The predicted octanol–water partition coefficient (Wildman–Crippen LogP) is 3.39. The van der Waals surface area contributed by atoms with Crippen molar-refractivity contribution in [2.75, 3.05) is 12.3 Å². The molecule has 22 heavy (non-hydrogen) atoms. The van der Waals surface area contributed by atoms with E-state index >= 15 is 0 Å². The van der Waals surface area contributed by atoms with Gasteiger partial charge in [0.05, 0.1) is 6.61 Å². The van der Waals surface area contributed by atoms with Crippen molar-refractivity contribution in [3.63, 3.8) is 0 Å². The second-order valence-electron chi connectivity index (χ2n) is 7.09. The third-order valence-corrected chi connectivity index (χ3v) is 5.19. The maximum Gasteiger partial charge on any atom is 0.226 e. The molecule has 4 rings (SSSR count). The van der Waals surface area contributed by atoms with Gasteiger partial charge in [-0.05, 0) is 43.4 Å². The molecule has 0 bridgehead atoms. The van der Waals surface area contributed by atoms with Gasteiger partial charge >= 0.3 is 0 Å². The summed E-state index contributed by atoms with van der Waals surface area (Å²) in [5.74, 6) is 3.63. The number of nitrogen functional groups attached to an aromatic ring is 1. The van der Waals surface area contributed by atoms with Crippen LogP contribution < -0.4 is 10.5 Å². The number of aromatic nitrogens is 3. The topological polar surface area (TPSA) is 65.4 Å². The summed E-state index contributed by atoms with van der Waals surface area (Å²) in [6.45, 7) is 3.18. The SMILES string of the molecule is C[C@H]1CC[C@H](COc2cc3nnc(N)n3cc2C2CC2)CC1. The Bertz CT molecular complexity index is 669. The van der Waals surface area contributed by atoms with Gasteiger partial charge in [-0.1, -0.05) is 19.8 Å². The normalized spacial score (nSPS) is 25.5. The average Bonchev–Trinajstić information content (AvgIpc) is 3.31. The quantitative estimate of drug-likeness (QED) is 0.940. The zero-order chi connectivity index (χ0) is 15.1. The summed E-state index contributed by atoms with van der Waals surface area (Å²) in [5, 5.41) is 8.06. The summed E-state index contributed by atoms with van der Waals surface area (Å²) in [5.41, 5.74) is 7.91. The Morgan fingerprint density at radius 1 is 1.18 bits per heavy atom. The van der Waals surface area contributed by atoms with Crippen LogP contribution in [0.25, 0.3) is 5.65 Å². The van der Waals surface area contributed by atoms with Gasteiger partial charge in [0, 0.05) is 17.8 Å². The summed E-state index contributed by atoms with van der Waals surface area (Å²) < 4.78 is 8.07. The molecule has 118 valence electrons. The molecule has 5 heteroatoms. The van der Waals surface area contributed by atoms with Gasteiger partial charge in [-0.2, -0.15) is 0 Å². The van der Waals surface area contributed by atoms with E-state index in [-0.39, 0.29) is 0 Å². The first kappa shape index (κ1) is 13.9. The number of ether oxygens (including phenoxy) is 1. The molecular weight excluding hydrogens is 276 g/mol. The fourth-order valence-electron chi connectivity index (χ4n) is 3.48. The number of hydrogen-bond donors (Lipinski definition) is 1. The first-order valence-electron chi connectivity index (χ1n) is 8.47. The van der Waals surface area contributed by atoms with Crippen LogP contribution in [0.2, 0.25) is 0 Å². The molecule has 0 aromatic carbocycles. The van der Waals surface area contributed by atoms with Gasteiger partial charge in [-0.3, -0.25) is 4.40 Å². The lowest BCUT2D eigenvalue weighted by Gasteiger charge is -2.26. The highest BCUT2D eigenvalue weighted by Gasteiger charge is 2.28. The monoisotopic (exact) mass is 300 g/mol. The molecule has 0 amide bonds. The van der Waals surface area contributed by atoms with E-state index in [0.29, 0.717) is 17.8 Å². The van der Waals surface area contributed by atoms with E-state index in [1.807, 2.05) is 10.5 Å². The summed E-state index contributed by atoms with van der Waals surface area (Å²) in [6, 6.07) is 2.00. The van der Waals surface area contributed by atoms with Crippen LogP contribution in [0.4, 0.5) is 5.95 Å². The summed E-state index contributed by atoms with van der Waals surface area (Å²) in [4.78, 5) is 0. The fourth-order valence-corrected chi connectivity index (χ4v) is 3.48. The molecule has 0 spiro atoms. The van der Waals surface area contributed by atoms with Crippen molar-refractivity contribution in [3.8, 4) is 5.75 Å². The van der Waals surface area contributed by atoms with Gasteiger partial charge in [0.25, 0.3) is 0 Å². The molecule has 2 saturated carbocycles. The molecule has 0 aliphatic heterocycles. The number of hydrogen-bond acceptors (Lipinski definition) is 4. The van der Waals surface area contributed by atoms with Gasteiger partial charge in [0.2, 0.25) is 5.95 Å². The van der Waals surface area contributed by atoms with Crippen molar-refractivity contribution in [1.29, 1.82) is 0 Å². The lowest BCUT2D eigenvalue weighted by molar-refractivity contribution is 0.187. The number of fused-ring (bicyclic) bond motifs is 1. The number of nitrogens with zero attached hydrogens (tertiary/aromatic N) is 3. The van der Waals surface area contributed by atoms with Crippen LogP contribution in [-0.4, -0.2) is 21.2 Å². The van der Waals surface area contributed by atoms with Crippen molar-refractivity contribution in [2.45, 2.75) is 51.4 Å². The molecule has 0 atom stereocenters. The third-order valence-electron chi connectivity index (χ3n) is 5.19. The Labute approximate surface area is 130 Å². The number of rotatable bonds is 4. The summed E-state index contributed by atoms with van der Waals surface area (Å²) >= 11 is 0. The molecule has 2 fully saturated rings. The zero-order valence-electron chi connectivity index (χ0n) is 13.2. The Kier molecular flexibility index (Phi) is 3.43. The van der Waals surface area contributed by atoms with Crippen LogP contribution in [-0.2, 0) is 0 Å². The molecule has 0 saturated heterocycles. The standard InChI is InChI=1S/C17H24N4O/c1-11-2-4-12(5-3-11)10-22-15-8-16-19-20-17(18)21(16)9-14(15)13-6-7-13/h8-9,11-13H,2-7,10H2,1H3,(H2,18,20)/t11-,12-. The summed E-state index contributed by atoms with van der Waals surface area (Å²) in [7, 11) is 0. The maximum atomic E-state index is 6.21. The maximum absolute atomic E-state index is 6.21. The van der Waals surface area contributed by atoms with Crippen LogP contribution in [0.1, 0.15) is 56.9 Å². The molecule has 5 nitrogen and oxygen atoms in total. The van der Waals surface area contributed by atoms with Crippen LogP contribution in [0.15, 0.2) is 12.3 Å². The van der Waals surface area contributed by atoms with Crippen molar-refractivity contribution in [2.24, 2.45) is 11.8 Å². The van der Waals surface area contributed by atoms with Crippen LogP contribution in [0, 0.1) is 11.8 Å². The van der Waals surface area contributed by atoms with E-state index < -0.39 is 0 Å². The molecule has 2 aromatic rings. The van der Waals surface area contributed by atoms with Gasteiger partial charge in [-0.15, -0.1) is 10.2 Å². The highest BCUT2D eigenvalue weighted by Crippen LogP contribution is 2.45. The minimum atomic E-state index is 0.449. The van der Waals surface area contributed by atoms with Crippen molar-refractivity contribution in [3.05, 3.63) is 17.8 Å². The number of nitrogens with two attached hydrogens (primary N) is 1. The highest BCUT2D eigenvalue weighted by molar-refractivity contribution is 5.52. The lowest BCUT2D eigenvalue weighted by Crippen LogP contribution is -2.19. The molecular formula is C17H24N4O. The van der Waals surface area contributed by atoms with Gasteiger partial charge in [-0.25, -0.2) is 0 Å². The Morgan fingerprint density at radius 2 is 1.95 bits per heavy atom. The van der Waals surface area contributed by atoms with E-state index in [9.17, 15) is 0 Å². The third kappa shape index (κ3) is 2.64. The minimum Gasteiger partial charge on any atom is -0.493 e. The van der Waals surface area contributed by atoms with E-state index in [1.165, 1.54) is 44.1 Å². The van der Waals surface area contributed by atoms with Gasteiger partial charge in [0.15, 0.2) is 5.65 Å². The second-order valence-corrected chi connectivity index (χ2v) is 7.09. The van der Waals surface area contributed by atoms with Crippen molar-refractivity contribution >= 4 is 11.6 Å². The van der Waals surface area contributed by atoms with E-state index in [2.05, 4.69) is 23.3 Å². The van der Waals surface area contributed by atoms with Gasteiger partial charge < -0.3 is 10.5 Å². The van der Waals surface area contributed by atoms with Crippen molar-refractivity contribution in [1.82, 2.24) is 14.6 Å². The number of anilines is 1. The zero-order valence-corrected chi connectivity index (χ0v) is 13.2. The van der Waals surface area contributed by atoms with Crippen molar-refractivity contribution < 1.29 is 4.74 Å². The molecule has 2 aromatic heterocycles. The molecule has 2 aliphatic rings. The molecule has 2 heterocycles. The Balaban J connectivity index is 1.53. The number of pyridine rings is 1. The van der Waals surface area contributed by atoms with Gasteiger partial charge in [0.1, 0.15) is 5.75 Å². The molecule has 2 aliphatic carbocycles. The van der Waals surface area contributed by atoms with Crippen LogP contribution in [0.5, 0.6) is 5.75 Å². The summed E-state index contributed by atoms with van der Waals surface area (Å²) in [6.07, 6.45) is 9.81. The lowest BCUT2D eigenvalue weighted by atomic mass is 9.83. The second kappa shape index (κ2) is 5.45. The fraction of sp³-hybridized carbons (Fsp3) is 0.647. The minimum absolute atomic E-state index is 0.449. The first-order chi connectivity index (χ1) is 10.7. The van der Waals surface area contributed by atoms with E-state index in [1.54, 1.807) is 0 Å². The average molecular weight is 300 g/mol. The van der Waals surface area contributed by atoms with Crippen LogP contribution in [0.3, 0.4) is 0 Å². The first-order valence-corrected chi connectivity index (χ1v) is 8.47. The Hall–Kier alpha value is -1.78. The van der Waals surface area contributed by atoms with Crippen LogP contribution >= 0.6 is 0 Å².